The van der Waals surface area contributed by atoms with Crippen molar-refractivity contribution in [2.24, 2.45) is 7.05 Å². The highest BCUT2D eigenvalue weighted by molar-refractivity contribution is 7.11. The molecule has 3 rings (SSSR count). The molecular weight excluding hydrogens is 268 g/mol. The van der Waals surface area contributed by atoms with Crippen molar-refractivity contribution in [1.82, 2.24) is 20.1 Å². The molecule has 0 radical (unpaired) electrons. The van der Waals surface area contributed by atoms with E-state index in [-0.39, 0.29) is 0 Å². The minimum atomic E-state index is 0.343. The van der Waals surface area contributed by atoms with Crippen molar-refractivity contribution in [1.29, 1.82) is 0 Å². The van der Waals surface area contributed by atoms with E-state index in [1.807, 2.05) is 6.20 Å². The van der Waals surface area contributed by atoms with E-state index in [4.69, 9.17) is 0 Å². The highest BCUT2D eigenvalue weighted by Gasteiger charge is 2.19. The minimum Gasteiger partial charge on any atom is -0.304 e. The summed E-state index contributed by atoms with van der Waals surface area (Å²) in [6.07, 6.45) is 6.90. The maximum atomic E-state index is 4.67. The van der Waals surface area contributed by atoms with Crippen LogP contribution in [0.5, 0.6) is 0 Å². The lowest BCUT2D eigenvalue weighted by Gasteiger charge is -2.15. The Morgan fingerprint density at radius 1 is 1.40 bits per heavy atom. The van der Waals surface area contributed by atoms with Crippen LogP contribution in [-0.4, -0.2) is 14.8 Å². The number of nitrogens with one attached hydrogen (secondary N) is 1. The molecule has 0 aliphatic heterocycles. The summed E-state index contributed by atoms with van der Waals surface area (Å²) < 4.78 is 2.06. The normalized spacial score (nSPS) is 16.1. The summed E-state index contributed by atoms with van der Waals surface area (Å²) in [5, 5.41) is 9.42. The Kier molecular flexibility index (Phi) is 3.89. The molecule has 1 unspecified atom stereocenters. The molecule has 0 saturated heterocycles. The first kappa shape index (κ1) is 13.8. The van der Waals surface area contributed by atoms with Gasteiger partial charge in [0.2, 0.25) is 0 Å². The number of fused-ring (bicyclic) bond motifs is 1. The molecule has 1 aliphatic carbocycles. The Hall–Kier alpha value is -1.20. The first-order valence-corrected chi connectivity index (χ1v) is 8.16. The summed E-state index contributed by atoms with van der Waals surface area (Å²) >= 11 is 1.77. The topological polar surface area (TPSA) is 42.7 Å². The molecule has 4 nitrogen and oxygen atoms in total. The van der Waals surface area contributed by atoms with E-state index in [9.17, 15) is 0 Å². The molecule has 0 saturated carbocycles. The number of nitrogens with zero attached hydrogens (tertiary/aromatic N) is 3. The van der Waals surface area contributed by atoms with E-state index in [0.29, 0.717) is 6.04 Å². The Labute approximate surface area is 124 Å². The van der Waals surface area contributed by atoms with Crippen LogP contribution in [0.1, 0.15) is 52.6 Å². The van der Waals surface area contributed by atoms with E-state index >= 15 is 0 Å². The lowest BCUT2D eigenvalue weighted by atomic mass is 9.96. The Bertz CT molecular complexity index is 599. The molecule has 0 spiro atoms. The second-order valence-electron chi connectivity index (χ2n) is 5.59. The molecule has 0 fully saturated rings. The van der Waals surface area contributed by atoms with E-state index in [1.54, 1.807) is 11.3 Å². The molecular formula is C15H22N4S. The second-order valence-corrected chi connectivity index (χ2v) is 6.85. The molecule has 1 N–H and O–H groups in total. The average molecular weight is 290 g/mol. The third-order valence-corrected chi connectivity index (χ3v) is 5.19. The fraction of sp³-hybridized carbons (Fsp3) is 0.600. The van der Waals surface area contributed by atoms with Crippen LogP contribution in [0.3, 0.4) is 0 Å². The Morgan fingerprint density at radius 2 is 2.20 bits per heavy atom. The molecule has 1 atom stereocenters. The van der Waals surface area contributed by atoms with Gasteiger partial charge in [-0.15, -0.1) is 11.3 Å². The van der Waals surface area contributed by atoms with Crippen molar-refractivity contribution in [2.75, 3.05) is 0 Å². The van der Waals surface area contributed by atoms with Crippen LogP contribution in [0, 0.1) is 6.92 Å². The van der Waals surface area contributed by atoms with Gasteiger partial charge in [0.25, 0.3) is 0 Å². The predicted octanol–water partition coefficient (Wildman–Crippen LogP) is 2.91. The van der Waals surface area contributed by atoms with Gasteiger partial charge in [0, 0.05) is 30.7 Å². The Balaban J connectivity index is 1.71. The predicted molar refractivity (Wildman–Crippen MR) is 82.0 cm³/mol. The van der Waals surface area contributed by atoms with Crippen LogP contribution in [0.15, 0.2) is 6.20 Å². The molecule has 5 heteroatoms. The van der Waals surface area contributed by atoms with Gasteiger partial charge in [-0.25, -0.2) is 4.98 Å². The van der Waals surface area contributed by atoms with Crippen molar-refractivity contribution in [3.05, 3.63) is 33.0 Å². The average Bonchev–Trinajstić information content (AvgIpc) is 2.99. The molecule has 0 aromatic carbocycles. The van der Waals surface area contributed by atoms with Crippen LogP contribution in [0.25, 0.3) is 0 Å². The summed E-state index contributed by atoms with van der Waals surface area (Å²) in [4.78, 5) is 5.64. The lowest BCUT2D eigenvalue weighted by molar-refractivity contribution is 0.550. The minimum absolute atomic E-state index is 0.343. The SMILES string of the molecule is Cc1ncc(C(C)NCc2c3c(nn2C)CCCC3)s1. The van der Waals surface area contributed by atoms with Crippen LogP contribution < -0.4 is 5.32 Å². The zero-order valence-corrected chi connectivity index (χ0v) is 13.3. The van der Waals surface area contributed by atoms with Crippen molar-refractivity contribution >= 4 is 11.3 Å². The zero-order chi connectivity index (χ0) is 14.1. The fourth-order valence-electron chi connectivity index (χ4n) is 2.90. The third kappa shape index (κ3) is 2.65. The largest absolute Gasteiger partial charge is 0.304 e. The quantitative estimate of drug-likeness (QED) is 0.941. The van der Waals surface area contributed by atoms with Gasteiger partial charge >= 0.3 is 0 Å². The van der Waals surface area contributed by atoms with Gasteiger partial charge in [0.05, 0.1) is 16.4 Å². The summed E-state index contributed by atoms with van der Waals surface area (Å²) in [6, 6.07) is 0.343. The standard InChI is InChI=1S/C15H22N4S/c1-10(15-9-17-11(2)20-15)16-8-14-12-6-4-5-7-13(12)18-19(14)3/h9-10,16H,4-8H2,1-3H3. The van der Waals surface area contributed by atoms with Crippen molar-refractivity contribution in [3.8, 4) is 0 Å². The van der Waals surface area contributed by atoms with Crippen LogP contribution in [-0.2, 0) is 26.4 Å². The number of thiazole rings is 1. The number of aryl methyl sites for hydroxylation is 3. The molecule has 20 heavy (non-hydrogen) atoms. The highest BCUT2D eigenvalue weighted by Crippen LogP contribution is 2.25. The monoisotopic (exact) mass is 290 g/mol. The molecule has 2 heterocycles. The first-order valence-electron chi connectivity index (χ1n) is 7.34. The Morgan fingerprint density at radius 3 is 2.95 bits per heavy atom. The summed E-state index contributed by atoms with van der Waals surface area (Å²) in [5.74, 6) is 0. The maximum Gasteiger partial charge on any atom is 0.0897 e. The van der Waals surface area contributed by atoms with Gasteiger partial charge in [-0.05, 0) is 45.1 Å². The number of rotatable bonds is 4. The second kappa shape index (κ2) is 5.66. The summed E-state index contributed by atoms with van der Waals surface area (Å²) in [6.45, 7) is 5.14. The van der Waals surface area contributed by atoms with Crippen molar-refractivity contribution in [2.45, 2.75) is 52.1 Å². The van der Waals surface area contributed by atoms with Gasteiger partial charge in [-0.2, -0.15) is 5.10 Å². The molecule has 2 aromatic heterocycles. The van der Waals surface area contributed by atoms with E-state index in [2.05, 4.69) is 41.0 Å². The first-order chi connectivity index (χ1) is 9.65. The lowest BCUT2D eigenvalue weighted by Crippen LogP contribution is -2.20. The van der Waals surface area contributed by atoms with E-state index in [1.165, 1.54) is 41.1 Å². The highest BCUT2D eigenvalue weighted by atomic mass is 32.1. The van der Waals surface area contributed by atoms with Crippen LogP contribution in [0.2, 0.25) is 0 Å². The van der Waals surface area contributed by atoms with Gasteiger partial charge in [0.1, 0.15) is 0 Å². The van der Waals surface area contributed by atoms with E-state index in [0.717, 1.165) is 18.0 Å². The molecule has 1 aliphatic rings. The third-order valence-electron chi connectivity index (χ3n) is 4.09. The number of hydrogen-bond acceptors (Lipinski definition) is 4. The van der Waals surface area contributed by atoms with Crippen LogP contribution in [0.4, 0.5) is 0 Å². The van der Waals surface area contributed by atoms with Gasteiger partial charge in [-0.1, -0.05) is 0 Å². The summed E-state index contributed by atoms with van der Waals surface area (Å²) in [7, 11) is 2.07. The molecule has 108 valence electrons. The smallest absolute Gasteiger partial charge is 0.0897 e. The van der Waals surface area contributed by atoms with Crippen molar-refractivity contribution in [3.63, 3.8) is 0 Å². The van der Waals surface area contributed by atoms with Crippen LogP contribution >= 0.6 is 11.3 Å². The molecule has 0 bridgehead atoms. The van der Waals surface area contributed by atoms with Gasteiger partial charge in [-0.3, -0.25) is 4.68 Å². The number of hydrogen-bond donors (Lipinski definition) is 1. The molecule has 0 amide bonds. The van der Waals surface area contributed by atoms with E-state index < -0.39 is 0 Å². The van der Waals surface area contributed by atoms with Gasteiger partial charge in [0.15, 0.2) is 0 Å². The van der Waals surface area contributed by atoms with Crippen molar-refractivity contribution < 1.29 is 0 Å². The number of aromatic nitrogens is 3. The zero-order valence-electron chi connectivity index (χ0n) is 12.4. The maximum absolute atomic E-state index is 4.67. The van der Waals surface area contributed by atoms with Gasteiger partial charge < -0.3 is 5.32 Å². The fourth-order valence-corrected chi connectivity index (χ4v) is 3.71. The summed E-state index contributed by atoms with van der Waals surface area (Å²) in [5.41, 5.74) is 4.16. The molecule has 2 aromatic rings.